The molecule has 1 aromatic heterocycles. The second-order valence-electron chi connectivity index (χ2n) is 7.17. The van der Waals surface area contributed by atoms with E-state index >= 15 is 0 Å². The quantitative estimate of drug-likeness (QED) is 0.204. The zero-order valence-electron chi connectivity index (χ0n) is 19.3. The van der Waals surface area contributed by atoms with Crippen LogP contribution in [0.2, 0.25) is 0 Å². The molecule has 11 heteroatoms. The molecule has 2 rings (SSSR count). The highest BCUT2D eigenvalue weighted by Crippen LogP contribution is 2.25. The number of nitrogen functional groups attached to an aromatic ring is 1. The van der Waals surface area contributed by atoms with E-state index in [0.29, 0.717) is 0 Å². The summed E-state index contributed by atoms with van der Waals surface area (Å²) in [6.07, 6.45) is 7.13. The molecular formula is C23H31F2N5O4. The van der Waals surface area contributed by atoms with Crippen LogP contribution in [0.4, 0.5) is 25.1 Å². The van der Waals surface area contributed by atoms with Crippen LogP contribution in [0.25, 0.3) is 0 Å². The van der Waals surface area contributed by atoms with E-state index in [4.69, 9.17) is 21.0 Å². The van der Waals surface area contributed by atoms with Gasteiger partial charge in [0.05, 0.1) is 23.8 Å². The number of carbonyl (C=O) groups excluding carboxylic acids is 1. The van der Waals surface area contributed by atoms with Crippen molar-refractivity contribution in [2.75, 3.05) is 24.3 Å². The number of anilines is 2. The number of pyridine rings is 1. The van der Waals surface area contributed by atoms with Crippen LogP contribution in [-0.4, -0.2) is 52.4 Å². The molecule has 0 bridgehead atoms. The number of halogens is 2. The molecule has 7 N–H and O–H groups in total. The molecule has 0 aliphatic heterocycles. The minimum atomic E-state index is -2.17. The highest BCUT2D eigenvalue weighted by Gasteiger charge is 2.30. The van der Waals surface area contributed by atoms with Gasteiger partial charge in [-0.2, -0.15) is 0 Å². The Morgan fingerprint density at radius 2 is 1.85 bits per heavy atom. The van der Waals surface area contributed by atoms with Crippen molar-refractivity contribution in [3.05, 3.63) is 53.7 Å². The second-order valence-corrected chi connectivity index (χ2v) is 7.17. The number of benzene rings is 1. The third-order valence-corrected chi connectivity index (χ3v) is 3.87. The molecule has 1 heterocycles. The Labute approximate surface area is 197 Å². The van der Waals surface area contributed by atoms with E-state index in [2.05, 4.69) is 28.5 Å². The standard InChI is InChI=1S/C19H25N5O4.C2H4F2.C2H2/c1-19(2,27)16(12-6-4-3-5-7-12)24-18(26)23-15-10-14(20)13(11-22-15)17(21)28-9-8-25;1-2(3)4;1-2/h3-7,10-11,16,21,25,27H,8-9H2,1-2H3,(H4,20,22,23,24,26);2H,1H3;1-2H/t16-;;/m0../s1. The van der Waals surface area contributed by atoms with E-state index in [-0.39, 0.29) is 36.2 Å². The molecule has 0 saturated heterocycles. The molecule has 1 aromatic carbocycles. The zero-order chi connectivity index (χ0) is 26.3. The van der Waals surface area contributed by atoms with Gasteiger partial charge in [-0.15, -0.1) is 12.8 Å². The zero-order valence-corrected chi connectivity index (χ0v) is 19.3. The number of alkyl halides is 2. The molecule has 0 aliphatic rings. The van der Waals surface area contributed by atoms with Gasteiger partial charge in [0.25, 0.3) is 0 Å². The molecule has 2 aromatic rings. The Balaban J connectivity index is 0.00000164. The summed E-state index contributed by atoms with van der Waals surface area (Å²) in [5.41, 5.74) is 5.89. The number of hydrogen-bond donors (Lipinski definition) is 6. The van der Waals surface area contributed by atoms with Crippen LogP contribution in [-0.2, 0) is 4.74 Å². The van der Waals surface area contributed by atoms with Crippen molar-refractivity contribution in [2.45, 2.75) is 38.8 Å². The van der Waals surface area contributed by atoms with Crippen LogP contribution in [0.5, 0.6) is 0 Å². The number of urea groups is 1. The predicted molar refractivity (Wildman–Crippen MR) is 128 cm³/mol. The average Bonchev–Trinajstić information content (AvgIpc) is 2.77. The summed E-state index contributed by atoms with van der Waals surface area (Å²) >= 11 is 0. The Morgan fingerprint density at radius 3 is 2.32 bits per heavy atom. The first-order valence-electron chi connectivity index (χ1n) is 10.00. The summed E-state index contributed by atoms with van der Waals surface area (Å²) in [5.74, 6) is -0.0440. The summed E-state index contributed by atoms with van der Waals surface area (Å²) in [7, 11) is 0. The van der Waals surface area contributed by atoms with Crippen molar-refractivity contribution in [1.29, 1.82) is 5.41 Å². The van der Waals surface area contributed by atoms with E-state index in [1.54, 1.807) is 13.8 Å². The molecule has 1 atom stereocenters. The fourth-order valence-corrected chi connectivity index (χ4v) is 2.55. The maximum absolute atomic E-state index is 12.4. The summed E-state index contributed by atoms with van der Waals surface area (Å²) in [5, 5.41) is 32.2. The maximum Gasteiger partial charge on any atom is 0.320 e. The summed E-state index contributed by atoms with van der Waals surface area (Å²) in [4.78, 5) is 16.5. The minimum Gasteiger partial charge on any atom is -0.475 e. The number of terminal acetylenes is 1. The normalized spacial score (nSPS) is 11.1. The third-order valence-electron chi connectivity index (χ3n) is 3.87. The highest BCUT2D eigenvalue weighted by molar-refractivity contribution is 5.97. The molecule has 0 fully saturated rings. The Bertz CT molecular complexity index is 916. The van der Waals surface area contributed by atoms with E-state index < -0.39 is 24.1 Å². The molecule has 0 radical (unpaired) electrons. The first kappa shape index (κ1) is 30.2. The lowest BCUT2D eigenvalue weighted by atomic mass is 9.92. The van der Waals surface area contributed by atoms with Crippen LogP contribution < -0.4 is 16.4 Å². The van der Waals surface area contributed by atoms with E-state index in [0.717, 1.165) is 12.5 Å². The SMILES string of the molecule is C#C.CC(C)(O)[C@@H](NC(=O)Nc1cc(N)c(C(=N)OCCO)cn1)c1ccccc1.CC(F)F. The highest BCUT2D eigenvalue weighted by atomic mass is 19.3. The van der Waals surface area contributed by atoms with Gasteiger partial charge >= 0.3 is 6.03 Å². The van der Waals surface area contributed by atoms with E-state index in [9.17, 15) is 18.7 Å². The van der Waals surface area contributed by atoms with Crippen LogP contribution in [0, 0.1) is 18.3 Å². The topological polar surface area (TPSA) is 154 Å². The number of nitrogens with two attached hydrogens (primary N) is 1. The number of hydrogen-bond acceptors (Lipinski definition) is 7. The molecule has 0 unspecified atom stereocenters. The first-order chi connectivity index (χ1) is 16.0. The lowest BCUT2D eigenvalue weighted by molar-refractivity contribution is 0.0415. The Kier molecular flexibility index (Phi) is 13.5. The lowest BCUT2D eigenvalue weighted by Crippen LogP contribution is -2.43. The molecule has 0 saturated carbocycles. The number of ether oxygens (including phenoxy) is 1. The van der Waals surface area contributed by atoms with Crippen LogP contribution in [0.1, 0.15) is 37.9 Å². The number of aromatic nitrogens is 1. The molecule has 0 aliphatic carbocycles. The van der Waals surface area contributed by atoms with Gasteiger partial charge in [0, 0.05) is 18.0 Å². The Morgan fingerprint density at radius 1 is 1.29 bits per heavy atom. The number of amides is 2. The summed E-state index contributed by atoms with van der Waals surface area (Å²) in [6.45, 7) is 3.79. The molecule has 2 amide bonds. The van der Waals surface area contributed by atoms with Crippen molar-refractivity contribution < 1.29 is 28.5 Å². The molecule has 0 spiro atoms. The Hall–Kier alpha value is -3.75. The van der Waals surface area contributed by atoms with Crippen molar-refractivity contribution >= 4 is 23.4 Å². The number of rotatable bonds is 7. The third kappa shape index (κ3) is 11.2. The number of nitrogens with zero attached hydrogens (tertiary/aromatic N) is 1. The predicted octanol–water partition coefficient (Wildman–Crippen LogP) is 3.15. The number of nitrogens with one attached hydrogen (secondary N) is 3. The van der Waals surface area contributed by atoms with Gasteiger partial charge in [0.1, 0.15) is 12.4 Å². The summed E-state index contributed by atoms with van der Waals surface area (Å²) in [6, 6.07) is 9.30. The fourth-order valence-electron chi connectivity index (χ4n) is 2.55. The van der Waals surface area contributed by atoms with Gasteiger partial charge in [0.15, 0.2) is 0 Å². The molecular weight excluding hydrogens is 448 g/mol. The first-order valence-corrected chi connectivity index (χ1v) is 10.00. The van der Waals surface area contributed by atoms with Crippen LogP contribution in [0.3, 0.4) is 0 Å². The monoisotopic (exact) mass is 479 g/mol. The van der Waals surface area contributed by atoms with E-state index in [1.165, 1.54) is 12.3 Å². The maximum atomic E-state index is 12.4. The number of aliphatic hydroxyl groups is 2. The van der Waals surface area contributed by atoms with Crippen molar-refractivity contribution in [3.8, 4) is 12.8 Å². The molecule has 9 nitrogen and oxygen atoms in total. The van der Waals surface area contributed by atoms with Crippen LogP contribution >= 0.6 is 0 Å². The van der Waals surface area contributed by atoms with Gasteiger partial charge in [-0.05, 0) is 26.3 Å². The fraction of sp³-hybridized carbons (Fsp3) is 0.348. The lowest BCUT2D eigenvalue weighted by Gasteiger charge is -2.30. The van der Waals surface area contributed by atoms with Gasteiger partial charge in [-0.25, -0.2) is 18.6 Å². The van der Waals surface area contributed by atoms with Gasteiger partial charge in [0.2, 0.25) is 12.3 Å². The van der Waals surface area contributed by atoms with Crippen LogP contribution in [0.15, 0.2) is 42.6 Å². The average molecular weight is 480 g/mol. The van der Waals surface area contributed by atoms with E-state index in [1.807, 2.05) is 30.3 Å². The van der Waals surface area contributed by atoms with Crippen molar-refractivity contribution in [2.24, 2.45) is 0 Å². The summed E-state index contributed by atoms with van der Waals surface area (Å²) < 4.78 is 25.7. The van der Waals surface area contributed by atoms with Gasteiger partial charge in [-0.3, -0.25) is 10.7 Å². The molecule has 34 heavy (non-hydrogen) atoms. The van der Waals surface area contributed by atoms with Gasteiger partial charge < -0.3 is 26.0 Å². The minimum absolute atomic E-state index is 0.0293. The second kappa shape index (κ2) is 15.2. The van der Waals surface area contributed by atoms with Crippen molar-refractivity contribution in [3.63, 3.8) is 0 Å². The smallest absolute Gasteiger partial charge is 0.320 e. The number of carbonyl (C=O) groups is 1. The molecule has 186 valence electrons. The number of aliphatic hydroxyl groups excluding tert-OH is 1. The van der Waals surface area contributed by atoms with Crippen molar-refractivity contribution in [1.82, 2.24) is 10.3 Å². The van der Waals surface area contributed by atoms with Gasteiger partial charge in [-0.1, -0.05) is 30.3 Å². The largest absolute Gasteiger partial charge is 0.475 e.